The Morgan fingerprint density at radius 2 is 1.61 bits per heavy atom. The molecule has 0 bridgehead atoms. The minimum Gasteiger partial charge on any atom is -0.316 e. The first kappa shape index (κ1) is 22.0. The highest BCUT2D eigenvalue weighted by atomic mass is 32.1. The highest BCUT2D eigenvalue weighted by Crippen LogP contribution is 2.27. The molecule has 0 saturated carbocycles. The molecule has 0 atom stereocenters. The fraction of sp³-hybridized carbons (Fsp3) is 0.238. The van der Waals surface area contributed by atoms with E-state index in [9.17, 15) is 25.0 Å². The number of rotatable bonds is 6. The van der Waals surface area contributed by atoms with E-state index < -0.39 is 27.1 Å². The lowest BCUT2D eigenvalue weighted by Crippen LogP contribution is -2.17. The SMILES string of the molecule is CCc1sc(=NC(=O)c2cc([N+](=O)[O-])cc([N+](=O)[O-])c2)n(CC)c1-c1ccc(C)cc1. The molecule has 160 valence electrons. The van der Waals surface area contributed by atoms with E-state index in [1.165, 1.54) is 11.3 Å². The fourth-order valence-electron chi connectivity index (χ4n) is 3.19. The van der Waals surface area contributed by atoms with Crippen LogP contribution in [0.5, 0.6) is 0 Å². The summed E-state index contributed by atoms with van der Waals surface area (Å²) in [5.74, 6) is -0.770. The Hall–Kier alpha value is -3.66. The second-order valence-electron chi connectivity index (χ2n) is 6.79. The lowest BCUT2D eigenvalue weighted by Gasteiger charge is -2.09. The predicted octanol–water partition coefficient (Wildman–Crippen LogP) is 4.66. The zero-order valence-corrected chi connectivity index (χ0v) is 18.0. The number of nitrogens with zero attached hydrogens (tertiary/aromatic N) is 4. The van der Waals surface area contributed by atoms with Crippen LogP contribution >= 0.6 is 11.3 Å². The van der Waals surface area contributed by atoms with Crippen LogP contribution in [0.4, 0.5) is 11.4 Å². The molecule has 0 spiro atoms. The molecule has 31 heavy (non-hydrogen) atoms. The summed E-state index contributed by atoms with van der Waals surface area (Å²) in [5.41, 5.74) is 1.83. The lowest BCUT2D eigenvalue weighted by molar-refractivity contribution is -0.394. The third kappa shape index (κ3) is 4.58. The van der Waals surface area contributed by atoms with Crippen molar-refractivity contribution in [2.45, 2.75) is 33.7 Å². The number of aryl methyl sites for hydroxylation is 2. The Morgan fingerprint density at radius 1 is 1.03 bits per heavy atom. The lowest BCUT2D eigenvalue weighted by atomic mass is 10.1. The maximum Gasteiger partial charge on any atom is 0.280 e. The van der Waals surface area contributed by atoms with E-state index in [0.717, 1.165) is 46.3 Å². The van der Waals surface area contributed by atoms with Gasteiger partial charge in [0.1, 0.15) is 0 Å². The van der Waals surface area contributed by atoms with Crippen LogP contribution < -0.4 is 4.80 Å². The molecule has 1 aromatic heterocycles. The van der Waals surface area contributed by atoms with Gasteiger partial charge in [-0.05, 0) is 25.8 Å². The van der Waals surface area contributed by atoms with Crippen molar-refractivity contribution in [1.29, 1.82) is 0 Å². The van der Waals surface area contributed by atoms with E-state index in [2.05, 4.69) is 4.99 Å². The zero-order valence-electron chi connectivity index (χ0n) is 17.2. The van der Waals surface area contributed by atoms with Gasteiger partial charge in [0.25, 0.3) is 17.3 Å². The molecule has 0 aliphatic carbocycles. The van der Waals surface area contributed by atoms with Gasteiger partial charge in [-0.25, -0.2) is 0 Å². The molecule has 1 amide bonds. The van der Waals surface area contributed by atoms with Gasteiger partial charge in [-0.2, -0.15) is 4.99 Å². The number of benzene rings is 2. The third-order valence-electron chi connectivity index (χ3n) is 4.71. The second-order valence-corrected chi connectivity index (χ2v) is 7.85. The molecule has 0 unspecified atom stereocenters. The highest BCUT2D eigenvalue weighted by Gasteiger charge is 2.20. The van der Waals surface area contributed by atoms with E-state index in [4.69, 9.17) is 0 Å². The van der Waals surface area contributed by atoms with Gasteiger partial charge in [0.15, 0.2) is 4.80 Å². The first-order chi connectivity index (χ1) is 14.7. The van der Waals surface area contributed by atoms with Gasteiger partial charge in [-0.3, -0.25) is 25.0 Å². The molecule has 0 radical (unpaired) electrons. The summed E-state index contributed by atoms with van der Waals surface area (Å²) >= 11 is 1.36. The molecular weight excluding hydrogens is 420 g/mol. The van der Waals surface area contributed by atoms with Crippen LogP contribution in [0.15, 0.2) is 47.5 Å². The van der Waals surface area contributed by atoms with Crippen LogP contribution in [0.1, 0.15) is 34.6 Å². The molecule has 0 aliphatic heterocycles. The van der Waals surface area contributed by atoms with Crippen molar-refractivity contribution in [2.24, 2.45) is 4.99 Å². The van der Waals surface area contributed by atoms with Crippen LogP contribution in [0.2, 0.25) is 0 Å². The number of hydrogen-bond acceptors (Lipinski definition) is 6. The van der Waals surface area contributed by atoms with E-state index in [-0.39, 0.29) is 5.56 Å². The van der Waals surface area contributed by atoms with E-state index >= 15 is 0 Å². The van der Waals surface area contributed by atoms with Gasteiger partial charge in [-0.1, -0.05) is 36.8 Å². The van der Waals surface area contributed by atoms with Crippen molar-refractivity contribution in [3.05, 3.63) is 83.5 Å². The first-order valence-electron chi connectivity index (χ1n) is 9.57. The Kier molecular flexibility index (Phi) is 6.40. The van der Waals surface area contributed by atoms with Crippen LogP contribution in [0.3, 0.4) is 0 Å². The second kappa shape index (κ2) is 9.00. The van der Waals surface area contributed by atoms with Gasteiger partial charge in [0, 0.05) is 23.6 Å². The summed E-state index contributed by atoms with van der Waals surface area (Å²) in [4.78, 5) is 39.1. The Morgan fingerprint density at radius 3 is 2.10 bits per heavy atom. The zero-order chi connectivity index (χ0) is 22.7. The third-order valence-corrected chi connectivity index (χ3v) is 5.93. The summed E-state index contributed by atoms with van der Waals surface area (Å²) in [6.07, 6.45) is 0.736. The number of amides is 1. The average Bonchev–Trinajstić information content (AvgIpc) is 3.10. The number of carbonyl (C=O) groups excluding carboxylic acids is 1. The molecule has 0 saturated heterocycles. The summed E-state index contributed by atoms with van der Waals surface area (Å²) in [6, 6.07) is 10.9. The van der Waals surface area contributed by atoms with Crippen LogP contribution in [0, 0.1) is 27.2 Å². The predicted molar refractivity (Wildman–Crippen MR) is 117 cm³/mol. The maximum atomic E-state index is 12.8. The molecule has 0 fully saturated rings. The van der Waals surface area contributed by atoms with Crippen molar-refractivity contribution in [3.63, 3.8) is 0 Å². The van der Waals surface area contributed by atoms with Crippen LogP contribution in [-0.2, 0) is 13.0 Å². The average molecular weight is 440 g/mol. The topological polar surface area (TPSA) is 121 Å². The first-order valence-corrected chi connectivity index (χ1v) is 10.4. The molecular formula is C21H20N4O5S. The largest absolute Gasteiger partial charge is 0.316 e. The summed E-state index contributed by atoms with van der Waals surface area (Å²) in [5, 5.41) is 22.2. The normalized spacial score (nSPS) is 11.5. The molecule has 3 rings (SSSR count). The van der Waals surface area contributed by atoms with Crippen molar-refractivity contribution in [3.8, 4) is 11.3 Å². The molecule has 2 aromatic carbocycles. The number of thiazole rings is 1. The number of nitro benzene ring substituents is 2. The van der Waals surface area contributed by atoms with Crippen molar-refractivity contribution in [1.82, 2.24) is 4.57 Å². The van der Waals surface area contributed by atoms with E-state index in [1.54, 1.807) is 0 Å². The maximum absolute atomic E-state index is 12.8. The molecule has 3 aromatic rings. The minimum absolute atomic E-state index is 0.202. The van der Waals surface area contributed by atoms with Crippen molar-refractivity contribution in [2.75, 3.05) is 0 Å². The van der Waals surface area contributed by atoms with Gasteiger partial charge < -0.3 is 4.57 Å². The molecule has 0 aliphatic rings. The number of nitro groups is 2. The van der Waals surface area contributed by atoms with E-state index in [1.807, 2.05) is 49.6 Å². The molecule has 9 nitrogen and oxygen atoms in total. The quantitative estimate of drug-likeness (QED) is 0.407. The van der Waals surface area contributed by atoms with Gasteiger partial charge >= 0.3 is 0 Å². The summed E-state index contributed by atoms with van der Waals surface area (Å²) < 4.78 is 1.91. The van der Waals surface area contributed by atoms with Crippen LogP contribution in [-0.4, -0.2) is 20.3 Å². The van der Waals surface area contributed by atoms with Crippen molar-refractivity contribution < 1.29 is 14.6 Å². The fourth-order valence-corrected chi connectivity index (χ4v) is 4.33. The molecule has 0 N–H and O–H groups in total. The highest BCUT2D eigenvalue weighted by molar-refractivity contribution is 7.09. The van der Waals surface area contributed by atoms with Gasteiger partial charge in [0.05, 0.1) is 27.2 Å². The number of hydrogen-bond donors (Lipinski definition) is 0. The molecule has 1 heterocycles. The molecule has 10 heteroatoms. The smallest absolute Gasteiger partial charge is 0.280 e. The minimum atomic E-state index is -0.772. The standard InChI is InChI=1S/C21H20N4O5S/c1-4-18-19(14-8-6-13(3)7-9-14)23(5-2)21(31-18)22-20(26)15-10-16(24(27)28)12-17(11-15)25(29)30/h6-12H,4-5H2,1-3H3. The van der Waals surface area contributed by atoms with Gasteiger partial charge in [-0.15, -0.1) is 11.3 Å². The van der Waals surface area contributed by atoms with Crippen molar-refractivity contribution >= 4 is 28.6 Å². The summed E-state index contributed by atoms with van der Waals surface area (Å²) in [6.45, 7) is 6.51. The Labute approximate surface area is 181 Å². The Balaban J connectivity index is 2.16. The number of aromatic nitrogens is 1. The number of non-ortho nitro benzene ring substituents is 2. The monoisotopic (exact) mass is 440 g/mol. The number of carbonyl (C=O) groups is 1. The summed E-state index contributed by atoms with van der Waals surface area (Å²) in [7, 11) is 0. The van der Waals surface area contributed by atoms with Gasteiger partial charge in [0.2, 0.25) is 0 Å². The Bertz CT molecular complexity index is 1210. The van der Waals surface area contributed by atoms with Crippen LogP contribution in [0.25, 0.3) is 11.3 Å². The van der Waals surface area contributed by atoms with E-state index in [0.29, 0.717) is 11.3 Å².